The lowest BCUT2D eigenvalue weighted by Gasteiger charge is -2.25. The highest BCUT2D eigenvalue weighted by Gasteiger charge is 2.24. The van der Waals surface area contributed by atoms with Gasteiger partial charge < -0.3 is 4.74 Å². The Morgan fingerprint density at radius 1 is 1.47 bits per heavy atom. The first-order chi connectivity index (χ1) is 9.24. The molecule has 1 heterocycles. The molecule has 0 bridgehead atoms. The zero-order valence-corrected chi connectivity index (χ0v) is 13.7. The quantitative estimate of drug-likeness (QED) is 0.704. The summed E-state index contributed by atoms with van der Waals surface area (Å²) >= 11 is 9.62. The van der Waals surface area contributed by atoms with E-state index in [1.807, 2.05) is 18.2 Å². The lowest BCUT2D eigenvalue weighted by molar-refractivity contribution is 0.230. The highest BCUT2D eigenvalue weighted by molar-refractivity contribution is 9.09. The highest BCUT2D eigenvalue weighted by Crippen LogP contribution is 2.29. The fourth-order valence-electron chi connectivity index (χ4n) is 2.83. The molecule has 19 heavy (non-hydrogen) atoms. The molecule has 1 aliphatic heterocycles. The molecule has 1 saturated heterocycles. The van der Waals surface area contributed by atoms with Crippen LogP contribution in [-0.4, -0.2) is 29.9 Å². The van der Waals surface area contributed by atoms with Crippen molar-refractivity contribution in [1.29, 1.82) is 0 Å². The van der Waals surface area contributed by atoms with E-state index in [0.717, 1.165) is 22.6 Å². The first-order valence-electron chi connectivity index (χ1n) is 6.87. The van der Waals surface area contributed by atoms with E-state index in [0.29, 0.717) is 6.04 Å². The normalized spacial score (nSPS) is 19.8. The molecule has 1 aliphatic rings. The number of alkyl halides is 1. The Balaban J connectivity index is 2.05. The molecule has 1 aromatic rings. The Hall–Kier alpha value is -0.250. The van der Waals surface area contributed by atoms with Crippen molar-refractivity contribution in [1.82, 2.24) is 4.90 Å². The molecule has 0 spiro atoms. The predicted octanol–water partition coefficient (Wildman–Crippen LogP) is 4.49. The first-order valence-corrected chi connectivity index (χ1v) is 8.37. The number of methoxy groups -OCH3 is 1. The zero-order valence-electron chi connectivity index (χ0n) is 11.4. The van der Waals surface area contributed by atoms with Crippen molar-refractivity contribution in [3.8, 4) is 5.75 Å². The number of rotatable bonds is 6. The summed E-state index contributed by atoms with van der Waals surface area (Å²) in [4.78, 5) is 2.57. The average molecular weight is 347 g/mol. The Labute approximate surface area is 129 Å². The van der Waals surface area contributed by atoms with Crippen LogP contribution in [0.3, 0.4) is 0 Å². The molecular weight excluding hydrogens is 326 g/mol. The Bertz CT molecular complexity index is 413. The van der Waals surface area contributed by atoms with E-state index < -0.39 is 0 Å². The van der Waals surface area contributed by atoms with Gasteiger partial charge in [0.1, 0.15) is 5.75 Å². The SMILES string of the molecule is COc1ccc(Cl)cc1CN1CCCC1CCCBr. The molecule has 0 saturated carbocycles. The van der Waals surface area contributed by atoms with Crippen molar-refractivity contribution >= 4 is 27.5 Å². The van der Waals surface area contributed by atoms with E-state index in [1.54, 1.807) is 7.11 Å². The van der Waals surface area contributed by atoms with E-state index in [4.69, 9.17) is 16.3 Å². The Kier molecular flexibility index (Phi) is 5.99. The Morgan fingerprint density at radius 3 is 3.05 bits per heavy atom. The summed E-state index contributed by atoms with van der Waals surface area (Å²) < 4.78 is 5.43. The number of ether oxygens (including phenoxy) is 1. The van der Waals surface area contributed by atoms with Crippen LogP contribution in [0.4, 0.5) is 0 Å². The summed E-state index contributed by atoms with van der Waals surface area (Å²) in [5.41, 5.74) is 1.20. The van der Waals surface area contributed by atoms with E-state index >= 15 is 0 Å². The first kappa shape index (κ1) is 15.1. The molecule has 0 amide bonds. The molecule has 0 aromatic heterocycles. The lowest BCUT2D eigenvalue weighted by Crippen LogP contribution is -2.29. The van der Waals surface area contributed by atoms with Crippen molar-refractivity contribution in [2.24, 2.45) is 0 Å². The monoisotopic (exact) mass is 345 g/mol. The molecule has 1 atom stereocenters. The van der Waals surface area contributed by atoms with E-state index in [-0.39, 0.29) is 0 Å². The van der Waals surface area contributed by atoms with Crippen LogP contribution in [0.1, 0.15) is 31.2 Å². The van der Waals surface area contributed by atoms with Crippen LogP contribution in [0.15, 0.2) is 18.2 Å². The van der Waals surface area contributed by atoms with E-state index in [9.17, 15) is 0 Å². The molecule has 2 rings (SSSR count). The minimum Gasteiger partial charge on any atom is -0.496 e. The van der Waals surface area contributed by atoms with Crippen molar-refractivity contribution < 1.29 is 4.74 Å². The number of benzene rings is 1. The fourth-order valence-corrected chi connectivity index (χ4v) is 3.35. The van der Waals surface area contributed by atoms with Crippen LogP contribution in [0.25, 0.3) is 0 Å². The molecule has 1 aromatic carbocycles. The van der Waals surface area contributed by atoms with Crippen LogP contribution < -0.4 is 4.74 Å². The van der Waals surface area contributed by atoms with Gasteiger partial charge in [0, 0.05) is 28.5 Å². The second-order valence-corrected chi connectivity index (χ2v) is 6.28. The molecule has 1 fully saturated rings. The number of hydrogen-bond acceptors (Lipinski definition) is 2. The molecule has 106 valence electrons. The van der Waals surface area contributed by atoms with E-state index in [2.05, 4.69) is 20.8 Å². The minimum atomic E-state index is 0.709. The second-order valence-electron chi connectivity index (χ2n) is 5.05. The third-order valence-electron chi connectivity index (χ3n) is 3.79. The van der Waals surface area contributed by atoms with Gasteiger partial charge in [0.05, 0.1) is 7.11 Å². The van der Waals surface area contributed by atoms with Gasteiger partial charge in [-0.3, -0.25) is 4.90 Å². The number of halogens is 2. The molecule has 0 radical (unpaired) electrons. The smallest absolute Gasteiger partial charge is 0.123 e. The highest BCUT2D eigenvalue weighted by atomic mass is 79.9. The van der Waals surface area contributed by atoms with E-state index in [1.165, 1.54) is 37.8 Å². The average Bonchev–Trinajstić information content (AvgIpc) is 2.84. The largest absolute Gasteiger partial charge is 0.496 e. The van der Waals surface area contributed by atoms with Crippen molar-refractivity contribution in [3.05, 3.63) is 28.8 Å². The lowest BCUT2D eigenvalue weighted by atomic mass is 10.1. The molecule has 0 N–H and O–H groups in total. The third kappa shape index (κ3) is 4.11. The van der Waals surface area contributed by atoms with Crippen molar-refractivity contribution in [3.63, 3.8) is 0 Å². The van der Waals surface area contributed by atoms with Crippen molar-refractivity contribution in [2.75, 3.05) is 19.0 Å². The van der Waals surface area contributed by atoms with Crippen LogP contribution in [0.2, 0.25) is 5.02 Å². The van der Waals surface area contributed by atoms with Crippen molar-refractivity contribution in [2.45, 2.75) is 38.3 Å². The van der Waals surface area contributed by atoms with Gasteiger partial charge in [0.2, 0.25) is 0 Å². The maximum Gasteiger partial charge on any atom is 0.123 e. The van der Waals surface area contributed by atoms with Gasteiger partial charge in [-0.2, -0.15) is 0 Å². The summed E-state index contributed by atoms with van der Waals surface area (Å²) in [6, 6.07) is 6.58. The van der Waals surface area contributed by atoms with Gasteiger partial charge in [-0.15, -0.1) is 0 Å². The molecule has 0 aliphatic carbocycles. The Morgan fingerprint density at radius 2 is 2.32 bits per heavy atom. The summed E-state index contributed by atoms with van der Waals surface area (Å²) in [6.45, 7) is 2.12. The summed E-state index contributed by atoms with van der Waals surface area (Å²) in [5.74, 6) is 0.940. The van der Waals surface area contributed by atoms with Gasteiger partial charge in [0.15, 0.2) is 0 Å². The number of hydrogen-bond donors (Lipinski definition) is 0. The van der Waals surface area contributed by atoms with Crippen LogP contribution in [0.5, 0.6) is 5.75 Å². The maximum atomic E-state index is 6.10. The maximum absolute atomic E-state index is 6.10. The van der Waals surface area contributed by atoms with Crippen LogP contribution in [-0.2, 0) is 6.54 Å². The molecule has 4 heteroatoms. The fraction of sp³-hybridized carbons (Fsp3) is 0.600. The van der Waals surface area contributed by atoms with Crippen LogP contribution >= 0.6 is 27.5 Å². The second kappa shape index (κ2) is 7.51. The number of nitrogens with zero attached hydrogens (tertiary/aromatic N) is 1. The summed E-state index contributed by atoms with van der Waals surface area (Å²) in [7, 11) is 1.72. The summed E-state index contributed by atoms with van der Waals surface area (Å²) in [5, 5.41) is 1.88. The topological polar surface area (TPSA) is 12.5 Å². The van der Waals surface area contributed by atoms with Gasteiger partial charge in [-0.1, -0.05) is 27.5 Å². The van der Waals surface area contributed by atoms with Gasteiger partial charge in [0.25, 0.3) is 0 Å². The minimum absolute atomic E-state index is 0.709. The summed E-state index contributed by atoms with van der Waals surface area (Å²) in [6.07, 6.45) is 5.13. The molecule has 1 unspecified atom stereocenters. The van der Waals surface area contributed by atoms with Gasteiger partial charge in [-0.05, 0) is 50.4 Å². The standard InChI is InChI=1S/C15H21BrClNO/c1-19-15-7-6-13(17)10-12(15)11-18-9-3-5-14(18)4-2-8-16/h6-7,10,14H,2-5,8-9,11H2,1H3. The zero-order chi connectivity index (χ0) is 13.7. The molecule has 2 nitrogen and oxygen atoms in total. The van der Waals surface area contributed by atoms with Gasteiger partial charge >= 0.3 is 0 Å². The molecular formula is C15H21BrClNO. The van der Waals surface area contributed by atoms with Gasteiger partial charge in [-0.25, -0.2) is 0 Å². The van der Waals surface area contributed by atoms with Crippen LogP contribution in [0, 0.1) is 0 Å². The third-order valence-corrected chi connectivity index (χ3v) is 4.58. The predicted molar refractivity (Wildman–Crippen MR) is 84.5 cm³/mol. The number of likely N-dealkylation sites (tertiary alicyclic amines) is 1.